The highest BCUT2D eigenvalue weighted by Crippen LogP contribution is 2.26. The van der Waals surface area contributed by atoms with Crippen LogP contribution in [0.25, 0.3) is 22.4 Å². The maximum atomic E-state index is 12.9. The van der Waals surface area contributed by atoms with Crippen molar-refractivity contribution in [3.63, 3.8) is 0 Å². The number of imidazole rings is 2. The first-order chi connectivity index (χ1) is 21.0. The van der Waals surface area contributed by atoms with Crippen molar-refractivity contribution in [3.05, 3.63) is 81.7 Å². The summed E-state index contributed by atoms with van der Waals surface area (Å²) in [6, 6.07) is 9.11. The molecule has 2 aliphatic heterocycles. The number of aromatic nitrogens is 5. The number of rotatable bonds is 5. The molecule has 0 unspecified atom stereocenters. The molecule has 232 valence electrons. The lowest BCUT2D eigenvalue weighted by Crippen LogP contribution is -2.28. The average molecular weight is 703 g/mol. The van der Waals surface area contributed by atoms with Crippen LogP contribution < -0.4 is 5.56 Å². The summed E-state index contributed by atoms with van der Waals surface area (Å²) >= 11 is 3.34. The Morgan fingerprint density at radius 2 is 1.20 bits per heavy atom. The number of nitrogens with zero attached hydrogens (tertiary/aromatic N) is 7. The molecule has 0 radical (unpaired) electrons. The number of hydrogen-bond donors (Lipinski definition) is 0. The van der Waals surface area contributed by atoms with Crippen LogP contribution in [0.15, 0.2) is 80.6 Å². The van der Waals surface area contributed by atoms with E-state index in [0.717, 1.165) is 41.3 Å². The van der Waals surface area contributed by atoms with Crippen molar-refractivity contribution in [3.8, 4) is 11.1 Å². The van der Waals surface area contributed by atoms with Gasteiger partial charge in [0.1, 0.15) is 11.3 Å². The molecule has 0 atom stereocenters. The van der Waals surface area contributed by atoms with Crippen LogP contribution >= 0.6 is 15.9 Å². The van der Waals surface area contributed by atoms with Crippen LogP contribution in [-0.2, 0) is 27.1 Å². The maximum Gasteiger partial charge on any atom is 0.260 e. The predicted octanol–water partition coefficient (Wildman–Crippen LogP) is 3.67. The molecule has 0 amide bonds. The minimum Gasteiger partial charge on any atom is -0.318 e. The molecule has 5 aromatic rings. The summed E-state index contributed by atoms with van der Waals surface area (Å²) < 4.78 is 59.4. The molecular weight excluding hydrogens is 670 g/mol. The molecule has 0 aliphatic carbocycles. The second-order valence-electron chi connectivity index (χ2n) is 11.0. The van der Waals surface area contributed by atoms with Crippen LogP contribution in [0.1, 0.15) is 31.2 Å². The fourth-order valence-electron chi connectivity index (χ4n) is 5.60. The third-order valence-corrected chi connectivity index (χ3v) is 12.2. The Morgan fingerprint density at radius 3 is 1.73 bits per heavy atom. The van der Waals surface area contributed by atoms with Crippen LogP contribution in [0.3, 0.4) is 0 Å². The molecule has 5 aromatic heterocycles. The van der Waals surface area contributed by atoms with E-state index in [1.165, 1.54) is 25.6 Å². The highest BCUT2D eigenvalue weighted by atomic mass is 79.9. The van der Waals surface area contributed by atoms with E-state index in [1.54, 1.807) is 53.5 Å². The highest BCUT2D eigenvalue weighted by molar-refractivity contribution is 9.10. The Labute approximate surface area is 263 Å². The van der Waals surface area contributed by atoms with E-state index in [9.17, 15) is 21.6 Å². The van der Waals surface area contributed by atoms with E-state index < -0.39 is 20.0 Å². The minimum absolute atomic E-state index is 0.0465. The Hall–Kier alpha value is -3.37. The third-order valence-electron chi connectivity index (χ3n) is 7.94. The van der Waals surface area contributed by atoms with Gasteiger partial charge in [-0.3, -0.25) is 13.6 Å². The van der Waals surface area contributed by atoms with Gasteiger partial charge in [-0.1, -0.05) is 0 Å². The summed E-state index contributed by atoms with van der Waals surface area (Å²) in [7, 11) is -5.28. The van der Waals surface area contributed by atoms with Crippen molar-refractivity contribution in [1.82, 2.24) is 31.9 Å². The first-order valence-electron chi connectivity index (χ1n) is 14.2. The lowest BCUT2D eigenvalue weighted by Gasteiger charge is -2.15. The van der Waals surface area contributed by atoms with Crippen LogP contribution in [0.4, 0.5) is 0 Å². The van der Waals surface area contributed by atoms with E-state index in [0.29, 0.717) is 43.0 Å². The molecule has 44 heavy (non-hydrogen) atoms. The molecule has 7 rings (SSSR count). The van der Waals surface area contributed by atoms with Crippen molar-refractivity contribution in [2.24, 2.45) is 7.05 Å². The van der Waals surface area contributed by atoms with Crippen LogP contribution in [0, 0.1) is 6.92 Å². The van der Waals surface area contributed by atoms with Crippen LogP contribution in [0.2, 0.25) is 0 Å². The van der Waals surface area contributed by atoms with Crippen LogP contribution in [0.5, 0.6) is 0 Å². The van der Waals surface area contributed by atoms with Crippen LogP contribution in [-0.4, -0.2) is 75.0 Å². The van der Waals surface area contributed by atoms with Gasteiger partial charge in [-0.15, -0.1) is 0 Å². The number of aryl methyl sites for hydroxylation is 2. The lowest BCUT2D eigenvalue weighted by molar-refractivity contribution is 0.472. The first kappa shape index (κ1) is 30.6. The number of halogens is 1. The average Bonchev–Trinajstić information content (AvgIpc) is 3.82. The zero-order valence-electron chi connectivity index (χ0n) is 24.3. The molecule has 2 saturated heterocycles. The Kier molecular flexibility index (Phi) is 8.26. The smallest absolute Gasteiger partial charge is 0.260 e. The van der Waals surface area contributed by atoms with Gasteiger partial charge in [-0.05, 0) is 90.0 Å². The summed E-state index contributed by atoms with van der Waals surface area (Å²) in [6.45, 7) is 4.07. The largest absolute Gasteiger partial charge is 0.318 e. The number of sulfonamides is 2. The summed E-state index contributed by atoms with van der Waals surface area (Å²) in [5.74, 6) is 0. The fraction of sp³-hybridized carbons (Fsp3) is 0.345. The van der Waals surface area contributed by atoms with Gasteiger partial charge in [0.2, 0.25) is 0 Å². The summed E-state index contributed by atoms with van der Waals surface area (Å²) in [5, 5.41) is 0.415. The molecule has 12 nitrogen and oxygen atoms in total. The topological polar surface area (TPSA) is 131 Å². The van der Waals surface area contributed by atoms with E-state index >= 15 is 0 Å². The van der Waals surface area contributed by atoms with Crippen molar-refractivity contribution < 1.29 is 16.8 Å². The molecule has 2 aliphatic rings. The van der Waals surface area contributed by atoms with Crippen molar-refractivity contribution in [2.75, 3.05) is 26.2 Å². The predicted molar refractivity (Wildman–Crippen MR) is 169 cm³/mol. The van der Waals surface area contributed by atoms with Gasteiger partial charge in [0.15, 0.2) is 10.1 Å². The van der Waals surface area contributed by atoms with Gasteiger partial charge in [0, 0.05) is 61.9 Å². The van der Waals surface area contributed by atoms with Gasteiger partial charge in [-0.2, -0.15) is 8.61 Å². The van der Waals surface area contributed by atoms with Gasteiger partial charge in [-0.25, -0.2) is 26.8 Å². The Balaban J connectivity index is 0.000000167. The quantitative estimate of drug-likeness (QED) is 0.273. The van der Waals surface area contributed by atoms with E-state index in [-0.39, 0.29) is 15.6 Å². The highest BCUT2D eigenvalue weighted by Gasteiger charge is 2.31. The molecule has 2 fully saturated rings. The molecule has 7 heterocycles. The number of fused-ring (bicyclic) bond motifs is 2. The molecule has 0 bridgehead atoms. The van der Waals surface area contributed by atoms with E-state index in [1.807, 2.05) is 18.2 Å². The van der Waals surface area contributed by atoms with E-state index in [2.05, 4.69) is 25.9 Å². The Morgan fingerprint density at radius 1 is 0.705 bits per heavy atom. The number of hydrogen-bond acceptors (Lipinski definition) is 7. The second-order valence-corrected chi connectivity index (χ2v) is 15.6. The monoisotopic (exact) mass is 701 g/mol. The molecule has 0 aromatic carbocycles. The molecule has 0 saturated carbocycles. The molecular formula is C29H32BrN7O5S2. The zero-order chi connectivity index (χ0) is 31.2. The molecule has 15 heteroatoms. The minimum atomic E-state index is -3.57. The van der Waals surface area contributed by atoms with Gasteiger partial charge in [0.05, 0.1) is 12.4 Å². The normalized spacial score (nSPS) is 16.5. The summed E-state index contributed by atoms with van der Waals surface area (Å²) in [5.41, 5.74) is 3.48. The van der Waals surface area contributed by atoms with Gasteiger partial charge >= 0.3 is 0 Å². The summed E-state index contributed by atoms with van der Waals surface area (Å²) in [4.78, 5) is 20.3. The van der Waals surface area contributed by atoms with Gasteiger partial charge in [0.25, 0.3) is 25.6 Å². The third kappa shape index (κ3) is 5.62. The standard InChI is InChI=1S/C18H20N4O3S.C11H12BrN3O2S/c1-13-9-15(11-20(2)18(13)23)14-5-6-16-19-10-17(22(16)12-14)26(24,25)21-7-3-4-8-21;12-9-3-4-10-13-7-11(15(10)8-9)18(16,17)14-5-1-2-6-14/h5-6,9-12H,3-4,7-8H2,1-2H3;3-4,7-8H,1-2,5-6H2. The Bertz CT molecular complexity index is 2120. The van der Waals surface area contributed by atoms with Crippen molar-refractivity contribution >= 4 is 47.3 Å². The van der Waals surface area contributed by atoms with Crippen molar-refractivity contribution in [2.45, 2.75) is 42.7 Å². The van der Waals surface area contributed by atoms with E-state index in [4.69, 9.17) is 0 Å². The lowest BCUT2D eigenvalue weighted by atomic mass is 10.1. The molecule has 0 N–H and O–H groups in total. The second kappa shape index (κ2) is 11.9. The summed E-state index contributed by atoms with van der Waals surface area (Å²) in [6.07, 6.45) is 11.7. The zero-order valence-corrected chi connectivity index (χ0v) is 27.5. The first-order valence-corrected chi connectivity index (χ1v) is 17.9. The van der Waals surface area contributed by atoms with Crippen molar-refractivity contribution in [1.29, 1.82) is 0 Å². The number of pyridine rings is 3. The molecule has 0 spiro atoms. The van der Waals surface area contributed by atoms with Gasteiger partial charge < -0.3 is 4.57 Å². The fourth-order valence-corrected chi connectivity index (χ4v) is 9.11. The maximum absolute atomic E-state index is 12.9. The SMILES string of the molecule is Cc1cc(-c2ccc3ncc(S(=O)(=O)N4CCCC4)n3c2)cn(C)c1=O.O=S(=O)(c1cnc2ccc(Br)cn12)N1CCCC1.